The number of carbonyl (C=O) groups excluding carboxylic acids is 2. The summed E-state index contributed by atoms with van der Waals surface area (Å²) in [6, 6.07) is 0.0158. The molecule has 1 aliphatic carbocycles. The van der Waals surface area contributed by atoms with E-state index in [9.17, 15) is 9.59 Å². The van der Waals surface area contributed by atoms with Crippen molar-refractivity contribution in [3.63, 3.8) is 0 Å². The number of urea groups is 1. The van der Waals surface area contributed by atoms with Gasteiger partial charge in [-0.3, -0.25) is 4.79 Å². The molecule has 0 bridgehead atoms. The summed E-state index contributed by atoms with van der Waals surface area (Å²) in [5.41, 5.74) is 0. The Kier molecular flexibility index (Phi) is 5.68. The maximum absolute atomic E-state index is 12.4. The number of nitrogens with zero attached hydrogens (tertiary/aromatic N) is 2. The van der Waals surface area contributed by atoms with E-state index in [2.05, 4.69) is 5.32 Å². The molecule has 3 amide bonds. The lowest BCUT2D eigenvalue weighted by atomic mass is 10.1. The molecule has 0 aromatic rings. The quantitative estimate of drug-likeness (QED) is 0.858. The van der Waals surface area contributed by atoms with Gasteiger partial charge in [-0.25, -0.2) is 4.79 Å². The summed E-state index contributed by atoms with van der Waals surface area (Å²) in [5, 5.41) is 2.91. The van der Waals surface area contributed by atoms with Crippen molar-refractivity contribution in [2.45, 2.75) is 45.4 Å². The lowest BCUT2D eigenvalue weighted by Gasteiger charge is -2.24. The predicted octanol–water partition coefficient (Wildman–Crippen LogP) is 1.83. The second-order valence-electron chi connectivity index (χ2n) is 5.88. The Morgan fingerprint density at radius 2 is 1.65 bits per heavy atom. The third-order valence-electron chi connectivity index (χ3n) is 4.33. The Balaban J connectivity index is 1.82. The third-order valence-corrected chi connectivity index (χ3v) is 4.33. The molecule has 1 aliphatic heterocycles. The van der Waals surface area contributed by atoms with Crippen molar-refractivity contribution < 1.29 is 9.59 Å². The van der Waals surface area contributed by atoms with Crippen LogP contribution in [-0.2, 0) is 4.79 Å². The Labute approximate surface area is 121 Å². The lowest BCUT2D eigenvalue weighted by molar-refractivity contribution is -0.135. The van der Waals surface area contributed by atoms with Gasteiger partial charge in [0.25, 0.3) is 0 Å². The first-order chi connectivity index (χ1) is 9.72. The monoisotopic (exact) mass is 281 g/mol. The second kappa shape index (κ2) is 7.50. The fourth-order valence-electron chi connectivity index (χ4n) is 3.12. The fourth-order valence-corrected chi connectivity index (χ4v) is 3.12. The molecular formula is C15H27N3O2. The van der Waals surface area contributed by atoms with Crippen LogP contribution in [0, 0.1) is 5.92 Å². The fraction of sp³-hybridized carbons (Fsp3) is 0.867. The number of amides is 3. The van der Waals surface area contributed by atoms with Crippen molar-refractivity contribution in [1.29, 1.82) is 0 Å². The van der Waals surface area contributed by atoms with Crippen LogP contribution in [0.4, 0.5) is 4.79 Å². The highest BCUT2D eigenvalue weighted by Crippen LogP contribution is 2.26. The lowest BCUT2D eigenvalue weighted by Crippen LogP contribution is -2.43. The van der Waals surface area contributed by atoms with Gasteiger partial charge in [-0.05, 0) is 25.7 Å². The Morgan fingerprint density at radius 3 is 2.35 bits per heavy atom. The Hall–Kier alpha value is -1.26. The van der Waals surface area contributed by atoms with Crippen LogP contribution < -0.4 is 5.32 Å². The van der Waals surface area contributed by atoms with Crippen LogP contribution in [0.5, 0.6) is 0 Å². The topological polar surface area (TPSA) is 52.7 Å². The van der Waals surface area contributed by atoms with Crippen molar-refractivity contribution in [2.75, 3.05) is 32.7 Å². The number of carbonyl (C=O) groups is 2. The first-order valence-corrected chi connectivity index (χ1v) is 8.04. The summed E-state index contributed by atoms with van der Waals surface area (Å²) >= 11 is 0. The highest BCUT2D eigenvalue weighted by atomic mass is 16.2. The molecule has 2 aliphatic rings. The molecule has 0 unspecified atom stereocenters. The minimum Gasteiger partial charge on any atom is -0.341 e. The van der Waals surface area contributed by atoms with Crippen LogP contribution in [-0.4, -0.2) is 54.5 Å². The summed E-state index contributed by atoms with van der Waals surface area (Å²) < 4.78 is 0. The molecule has 0 aromatic heterocycles. The summed E-state index contributed by atoms with van der Waals surface area (Å²) in [5.74, 6) is 0.564. The zero-order valence-electron chi connectivity index (χ0n) is 12.6. The second-order valence-corrected chi connectivity index (χ2v) is 5.88. The van der Waals surface area contributed by atoms with Gasteiger partial charge in [0.2, 0.25) is 5.91 Å². The summed E-state index contributed by atoms with van der Waals surface area (Å²) in [7, 11) is 0. The van der Waals surface area contributed by atoms with E-state index < -0.39 is 0 Å². The minimum absolute atomic E-state index is 0.0158. The van der Waals surface area contributed by atoms with Crippen LogP contribution in [0.2, 0.25) is 0 Å². The first kappa shape index (κ1) is 15.1. The van der Waals surface area contributed by atoms with Gasteiger partial charge < -0.3 is 15.1 Å². The van der Waals surface area contributed by atoms with E-state index >= 15 is 0 Å². The molecule has 20 heavy (non-hydrogen) atoms. The van der Waals surface area contributed by atoms with Crippen LogP contribution in [0.1, 0.15) is 45.4 Å². The smallest absolute Gasteiger partial charge is 0.317 e. The number of hydrogen-bond donors (Lipinski definition) is 1. The van der Waals surface area contributed by atoms with E-state index in [0.29, 0.717) is 19.0 Å². The van der Waals surface area contributed by atoms with Crippen LogP contribution in [0.15, 0.2) is 0 Å². The molecule has 1 N–H and O–H groups in total. The minimum atomic E-state index is 0.0158. The van der Waals surface area contributed by atoms with Crippen molar-refractivity contribution in [1.82, 2.24) is 15.1 Å². The van der Waals surface area contributed by atoms with E-state index in [1.165, 1.54) is 12.8 Å². The van der Waals surface area contributed by atoms with Gasteiger partial charge in [-0.1, -0.05) is 19.8 Å². The summed E-state index contributed by atoms with van der Waals surface area (Å²) in [4.78, 5) is 28.2. The molecule has 1 saturated heterocycles. The van der Waals surface area contributed by atoms with E-state index in [0.717, 1.165) is 45.3 Å². The van der Waals surface area contributed by atoms with Gasteiger partial charge in [0.1, 0.15) is 0 Å². The van der Waals surface area contributed by atoms with Crippen molar-refractivity contribution in [3.8, 4) is 0 Å². The van der Waals surface area contributed by atoms with E-state index in [-0.39, 0.29) is 11.9 Å². The average Bonchev–Trinajstić information content (AvgIpc) is 2.88. The number of rotatable bonds is 3. The SMILES string of the molecule is CCCNC(=O)N1CCCN(C(=O)C2CCCC2)CC1. The van der Waals surface area contributed by atoms with E-state index in [4.69, 9.17) is 0 Å². The Bertz CT molecular complexity index is 340. The highest BCUT2D eigenvalue weighted by Gasteiger charge is 2.29. The molecule has 5 heteroatoms. The van der Waals surface area contributed by atoms with Gasteiger partial charge in [-0.15, -0.1) is 0 Å². The van der Waals surface area contributed by atoms with E-state index in [1.54, 1.807) is 0 Å². The van der Waals surface area contributed by atoms with E-state index in [1.807, 2.05) is 16.7 Å². The highest BCUT2D eigenvalue weighted by molar-refractivity contribution is 5.79. The first-order valence-electron chi connectivity index (χ1n) is 8.04. The largest absolute Gasteiger partial charge is 0.341 e. The zero-order chi connectivity index (χ0) is 14.4. The molecule has 0 atom stereocenters. The van der Waals surface area contributed by atoms with Gasteiger partial charge in [0.15, 0.2) is 0 Å². The maximum Gasteiger partial charge on any atom is 0.317 e. The molecule has 5 nitrogen and oxygen atoms in total. The predicted molar refractivity (Wildman–Crippen MR) is 78.4 cm³/mol. The molecular weight excluding hydrogens is 254 g/mol. The maximum atomic E-state index is 12.4. The molecule has 2 fully saturated rings. The Morgan fingerprint density at radius 1 is 1.00 bits per heavy atom. The number of nitrogens with one attached hydrogen (secondary N) is 1. The van der Waals surface area contributed by atoms with Gasteiger partial charge in [0, 0.05) is 38.6 Å². The van der Waals surface area contributed by atoms with Crippen LogP contribution in [0.3, 0.4) is 0 Å². The van der Waals surface area contributed by atoms with Gasteiger partial charge >= 0.3 is 6.03 Å². The molecule has 114 valence electrons. The van der Waals surface area contributed by atoms with Crippen LogP contribution >= 0.6 is 0 Å². The number of hydrogen-bond acceptors (Lipinski definition) is 2. The summed E-state index contributed by atoms with van der Waals surface area (Å²) in [6.45, 7) is 5.67. The third kappa shape index (κ3) is 3.87. The van der Waals surface area contributed by atoms with Gasteiger partial charge in [0.05, 0.1) is 0 Å². The molecule has 1 heterocycles. The zero-order valence-corrected chi connectivity index (χ0v) is 12.6. The molecule has 1 saturated carbocycles. The summed E-state index contributed by atoms with van der Waals surface area (Å²) in [6.07, 6.45) is 6.32. The normalized spacial score (nSPS) is 20.9. The standard InChI is InChI=1S/C15H27N3O2/c1-2-8-16-15(20)18-10-5-9-17(11-12-18)14(19)13-6-3-4-7-13/h13H,2-12H2,1H3,(H,16,20). The van der Waals surface area contributed by atoms with Gasteiger partial charge in [-0.2, -0.15) is 0 Å². The van der Waals surface area contributed by atoms with Crippen molar-refractivity contribution in [3.05, 3.63) is 0 Å². The molecule has 0 spiro atoms. The average molecular weight is 281 g/mol. The molecule has 2 rings (SSSR count). The molecule has 0 radical (unpaired) electrons. The van der Waals surface area contributed by atoms with Crippen LogP contribution in [0.25, 0.3) is 0 Å². The van der Waals surface area contributed by atoms with Crippen molar-refractivity contribution in [2.24, 2.45) is 5.92 Å². The molecule has 0 aromatic carbocycles. The van der Waals surface area contributed by atoms with Crippen molar-refractivity contribution >= 4 is 11.9 Å².